The van der Waals surface area contributed by atoms with Crippen LogP contribution in [0.2, 0.25) is 0 Å². The Balaban J connectivity index is 1.64. The van der Waals surface area contributed by atoms with Crippen molar-refractivity contribution in [2.75, 3.05) is 19.5 Å². The second-order valence-electron chi connectivity index (χ2n) is 6.59. The second kappa shape index (κ2) is 7.74. The van der Waals surface area contributed by atoms with Crippen LogP contribution in [-0.2, 0) is 11.3 Å². The lowest BCUT2D eigenvalue weighted by Gasteiger charge is -2.26. The molecule has 1 amide bonds. The Morgan fingerprint density at radius 3 is 3.04 bits per heavy atom. The molecular formula is C21H21FN2O2S. The highest BCUT2D eigenvalue weighted by atomic mass is 32.2. The van der Waals surface area contributed by atoms with Crippen molar-refractivity contribution in [1.29, 1.82) is 0 Å². The molecule has 0 unspecified atom stereocenters. The number of ether oxygens (including phenoxy) is 1. The molecule has 2 aromatic carbocycles. The molecule has 0 bridgehead atoms. The molecule has 6 heteroatoms. The highest BCUT2D eigenvalue weighted by Gasteiger charge is 2.24. The monoisotopic (exact) mass is 384 g/mol. The van der Waals surface area contributed by atoms with Crippen LogP contribution in [0.1, 0.15) is 28.4 Å². The molecule has 0 aliphatic carbocycles. The highest BCUT2D eigenvalue weighted by Crippen LogP contribution is 2.36. The number of carbonyl (C=O) groups excluding carboxylic acids is 1. The van der Waals surface area contributed by atoms with Gasteiger partial charge in [0.2, 0.25) is 0 Å². The van der Waals surface area contributed by atoms with Crippen LogP contribution < -0.4 is 5.32 Å². The third-order valence-corrected chi connectivity index (χ3v) is 6.01. The van der Waals surface area contributed by atoms with Gasteiger partial charge in [-0.1, -0.05) is 18.2 Å². The molecule has 4 nitrogen and oxygen atoms in total. The van der Waals surface area contributed by atoms with Crippen molar-refractivity contribution in [3.05, 3.63) is 65.6 Å². The highest BCUT2D eigenvalue weighted by molar-refractivity contribution is 7.99. The summed E-state index contributed by atoms with van der Waals surface area (Å²) >= 11 is 1.70. The number of halogens is 1. The summed E-state index contributed by atoms with van der Waals surface area (Å²) in [5.74, 6) is 0.500. The maximum Gasteiger partial charge on any atom is 0.253 e. The number of methoxy groups -OCH3 is 1. The molecule has 27 heavy (non-hydrogen) atoms. The van der Waals surface area contributed by atoms with Gasteiger partial charge in [-0.05, 0) is 36.2 Å². The summed E-state index contributed by atoms with van der Waals surface area (Å²) < 4.78 is 20.9. The van der Waals surface area contributed by atoms with Gasteiger partial charge in [0.1, 0.15) is 5.82 Å². The minimum Gasteiger partial charge on any atom is -0.383 e. The average Bonchev–Trinajstić information content (AvgIpc) is 3.06. The number of benzene rings is 2. The van der Waals surface area contributed by atoms with Crippen LogP contribution in [0.5, 0.6) is 0 Å². The van der Waals surface area contributed by atoms with E-state index in [0.717, 1.165) is 33.5 Å². The molecule has 0 saturated carbocycles. The van der Waals surface area contributed by atoms with Crippen LogP contribution in [-0.4, -0.2) is 29.9 Å². The maximum absolute atomic E-state index is 13.7. The number of aromatic nitrogens is 1. The molecule has 1 aliphatic rings. The lowest BCUT2D eigenvalue weighted by Crippen LogP contribution is -2.30. The zero-order chi connectivity index (χ0) is 18.8. The number of nitrogens with one attached hydrogen (secondary N) is 1. The van der Waals surface area contributed by atoms with E-state index in [4.69, 9.17) is 4.74 Å². The van der Waals surface area contributed by atoms with Crippen LogP contribution in [0.4, 0.5) is 4.39 Å². The van der Waals surface area contributed by atoms with Crippen LogP contribution in [0, 0.1) is 5.82 Å². The van der Waals surface area contributed by atoms with E-state index in [9.17, 15) is 9.18 Å². The van der Waals surface area contributed by atoms with Gasteiger partial charge < -0.3 is 14.6 Å². The predicted molar refractivity (Wildman–Crippen MR) is 106 cm³/mol. The van der Waals surface area contributed by atoms with Gasteiger partial charge in [0.05, 0.1) is 18.2 Å². The number of hydrogen-bond donors (Lipinski definition) is 1. The van der Waals surface area contributed by atoms with E-state index in [-0.39, 0.29) is 17.8 Å². The van der Waals surface area contributed by atoms with Gasteiger partial charge >= 0.3 is 0 Å². The quantitative estimate of drug-likeness (QED) is 0.709. The van der Waals surface area contributed by atoms with Gasteiger partial charge in [-0.25, -0.2) is 4.39 Å². The molecule has 0 saturated heterocycles. The fourth-order valence-corrected chi connectivity index (χ4v) is 4.66. The fourth-order valence-electron chi connectivity index (χ4n) is 3.55. The first kappa shape index (κ1) is 18.1. The van der Waals surface area contributed by atoms with Gasteiger partial charge in [0.15, 0.2) is 0 Å². The molecule has 1 aromatic heterocycles. The second-order valence-corrected chi connectivity index (χ2v) is 7.73. The fraction of sp³-hybridized carbons (Fsp3) is 0.286. The van der Waals surface area contributed by atoms with Crippen LogP contribution >= 0.6 is 11.8 Å². The molecular weight excluding hydrogens is 363 g/mol. The Hall–Kier alpha value is -2.31. The number of nitrogens with zero attached hydrogens (tertiary/aromatic N) is 1. The molecule has 0 fully saturated rings. The van der Waals surface area contributed by atoms with Gasteiger partial charge in [-0.2, -0.15) is 0 Å². The van der Waals surface area contributed by atoms with Gasteiger partial charge in [0, 0.05) is 41.4 Å². The SMILES string of the molecule is COCCn1cc(C(=O)N[C@H]2CCSc3ccc(F)cc32)c2ccccc21. The Morgan fingerprint density at radius 2 is 2.19 bits per heavy atom. The van der Waals surface area contributed by atoms with E-state index in [1.807, 2.05) is 35.0 Å². The molecule has 4 rings (SSSR count). The number of fused-ring (bicyclic) bond motifs is 2. The predicted octanol–water partition coefficient (Wildman–Crippen LogP) is 4.39. The zero-order valence-electron chi connectivity index (χ0n) is 15.1. The number of para-hydroxylation sites is 1. The topological polar surface area (TPSA) is 43.3 Å². The largest absolute Gasteiger partial charge is 0.383 e. The van der Waals surface area contributed by atoms with E-state index >= 15 is 0 Å². The number of rotatable bonds is 5. The van der Waals surface area contributed by atoms with E-state index in [0.29, 0.717) is 18.7 Å². The Labute approximate surface area is 161 Å². The van der Waals surface area contributed by atoms with Crippen molar-refractivity contribution in [1.82, 2.24) is 9.88 Å². The lowest BCUT2D eigenvalue weighted by atomic mass is 10.0. The minimum atomic E-state index is -0.272. The average molecular weight is 384 g/mol. The molecule has 140 valence electrons. The van der Waals surface area contributed by atoms with Crippen LogP contribution in [0.15, 0.2) is 53.6 Å². The first-order valence-corrected chi connectivity index (χ1v) is 9.96. The first-order valence-electron chi connectivity index (χ1n) is 8.97. The number of thioether (sulfide) groups is 1. The Bertz CT molecular complexity index is 985. The van der Waals surface area contributed by atoms with Crippen molar-refractivity contribution in [2.24, 2.45) is 0 Å². The summed E-state index contributed by atoms with van der Waals surface area (Å²) in [6, 6.07) is 12.5. The van der Waals surface area contributed by atoms with E-state index in [1.165, 1.54) is 12.1 Å². The molecule has 1 atom stereocenters. The van der Waals surface area contributed by atoms with Crippen molar-refractivity contribution in [3.8, 4) is 0 Å². The van der Waals surface area contributed by atoms with E-state index < -0.39 is 0 Å². The third kappa shape index (κ3) is 3.59. The van der Waals surface area contributed by atoms with Crippen molar-refractivity contribution < 1.29 is 13.9 Å². The lowest BCUT2D eigenvalue weighted by molar-refractivity contribution is 0.0936. The Kier molecular flexibility index (Phi) is 5.18. The minimum absolute atomic E-state index is 0.130. The van der Waals surface area contributed by atoms with Gasteiger partial charge in [-0.3, -0.25) is 4.79 Å². The van der Waals surface area contributed by atoms with Crippen molar-refractivity contribution in [3.63, 3.8) is 0 Å². The number of amides is 1. The van der Waals surface area contributed by atoms with Crippen LogP contribution in [0.25, 0.3) is 10.9 Å². The molecule has 0 radical (unpaired) electrons. The van der Waals surface area contributed by atoms with E-state index in [2.05, 4.69) is 5.32 Å². The summed E-state index contributed by atoms with van der Waals surface area (Å²) in [5, 5.41) is 4.03. The Morgan fingerprint density at radius 1 is 1.33 bits per heavy atom. The number of carbonyl (C=O) groups is 1. The summed E-state index contributed by atoms with van der Waals surface area (Å²) in [7, 11) is 1.66. The maximum atomic E-state index is 13.7. The van der Waals surface area contributed by atoms with Crippen LogP contribution in [0.3, 0.4) is 0 Å². The smallest absolute Gasteiger partial charge is 0.253 e. The summed E-state index contributed by atoms with van der Waals surface area (Å²) in [5.41, 5.74) is 2.51. The summed E-state index contributed by atoms with van der Waals surface area (Å²) in [6.07, 6.45) is 2.66. The van der Waals surface area contributed by atoms with Crippen molar-refractivity contribution >= 4 is 28.6 Å². The van der Waals surface area contributed by atoms with Gasteiger partial charge in [0.25, 0.3) is 5.91 Å². The molecule has 1 N–H and O–H groups in total. The molecule has 1 aliphatic heterocycles. The summed E-state index contributed by atoms with van der Waals surface area (Å²) in [4.78, 5) is 14.1. The standard InChI is InChI=1S/C21H21FN2O2S/c1-26-10-9-24-13-17(15-4-2-3-5-19(15)24)21(25)23-18-8-11-27-20-7-6-14(22)12-16(18)20/h2-7,12-13,18H,8-11H2,1H3,(H,23,25)/t18-/m0/s1. The normalized spacial score (nSPS) is 16.3. The van der Waals surface area contributed by atoms with E-state index in [1.54, 1.807) is 24.9 Å². The molecule has 0 spiro atoms. The van der Waals surface area contributed by atoms with Gasteiger partial charge in [-0.15, -0.1) is 11.8 Å². The molecule has 3 aromatic rings. The third-order valence-electron chi connectivity index (χ3n) is 4.89. The molecule has 2 heterocycles. The number of hydrogen-bond acceptors (Lipinski definition) is 3. The first-order chi connectivity index (χ1) is 13.2. The van der Waals surface area contributed by atoms with Crippen molar-refractivity contribution in [2.45, 2.75) is 23.9 Å². The summed E-state index contributed by atoms with van der Waals surface area (Å²) in [6.45, 7) is 1.25. The zero-order valence-corrected chi connectivity index (χ0v) is 15.9.